The fourth-order valence-corrected chi connectivity index (χ4v) is 0.912. The normalized spacial score (nSPS) is 18.1. The number of hydrogen-bond acceptors (Lipinski definition) is 2. The second kappa shape index (κ2) is 3.42. The second-order valence-electron chi connectivity index (χ2n) is 3.11. The molecule has 0 unspecified atom stereocenters. The molecule has 1 aliphatic carbocycles. The average Bonchev–Trinajstić information content (AvgIpc) is 2.63. The van der Waals surface area contributed by atoms with Crippen molar-refractivity contribution in [3.8, 4) is 0 Å². The lowest BCUT2D eigenvalue weighted by Crippen LogP contribution is -2.17. The Bertz CT molecular complexity index is 180. The van der Waals surface area contributed by atoms with Crippen LogP contribution in [-0.2, 0) is 0 Å². The molecule has 1 fully saturated rings. The molecule has 11 heavy (non-hydrogen) atoms. The number of rotatable bonds is 4. The van der Waals surface area contributed by atoms with Gasteiger partial charge in [0.15, 0.2) is 0 Å². The van der Waals surface area contributed by atoms with Crippen LogP contribution < -0.4 is 11.1 Å². The monoisotopic (exact) mass is 153 g/mol. The Kier molecular flexibility index (Phi) is 2.52. The van der Waals surface area contributed by atoms with Crippen molar-refractivity contribution in [1.29, 1.82) is 5.41 Å². The Morgan fingerprint density at radius 2 is 2.36 bits per heavy atom. The molecule has 3 heteroatoms. The van der Waals surface area contributed by atoms with Gasteiger partial charge in [-0.1, -0.05) is 0 Å². The summed E-state index contributed by atoms with van der Waals surface area (Å²) in [6, 6.07) is 0. The maximum atomic E-state index is 6.99. The largest absolute Gasteiger partial charge is 0.388 e. The van der Waals surface area contributed by atoms with Crippen LogP contribution in [0.2, 0.25) is 0 Å². The van der Waals surface area contributed by atoms with Crippen molar-refractivity contribution in [2.75, 3.05) is 6.54 Å². The first-order valence-electron chi connectivity index (χ1n) is 3.94. The van der Waals surface area contributed by atoms with Crippen LogP contribution in [-0.4, -0.2) is 12.4 Å². The van der Waals surface area contributed by atoms with E-state index in [1.165, 1.54) is 12.8 Å². The molecule has 0 atom stereocenters. The molecule has 62 valence electrons. The number of hydrogen-bond donors (Lipinski definition) is 3. The highest BCUT2D eigenvalue weighted by Crippen LogP contribution is 2.27. The lowest BCUT2D eigenvalue weighted by molar-refractivity contribution is 0.717. The van der Waals surface area contributed by atoms with E-state index in [2.05, 4.69) is 5.32 Å². The van der Waals surface area contributed by atoms with E-state index >= 15 is 0 Å². The molecule has 1 rings (SSSR count). The summed E-state index contributed by atoms with van der Waals surface area (Å²) >= 11 is 0. The molecule has 0 aromatic carbocycles. The number of allylic oxidation sites excluding steroid dienone is 1. The van der Waals surface area contributed by atoms with Crippen molar-refractivity contribution in [3.63, 3.8) is 0 Å². The van der Waals surface area contributed by atoms with Crippen molar-refractivity contribution in [1.82, 2.24) is 5.32 Å². The van der Waals surface area contributed by atoms with Crippen LogP contribution in [0.15, 0.2) is 11.8 Å². The van der Waals surface area contributed by atoms with E-state index < -0.39 is 0 Å². The first-order chi connectivity index (χ1) is 5.18. The van der Waals surface area contributed by atoms with E-state index in [0.29, 0.717) is 0 Å². The van der Waals surface area contributed by atoms with E-state index in [0.717, 1.165) is 18.2 Å². The zero-order valence-corrected chi connectivity index (χ0v) is 6.85. The first kappa shape index (κ1) is 8.11. The Hall–Kier alpha value is -0.990. The van der Waals surface area contributed by atoms with Crippen LogP contribution in [0.5, 0.6) is 0 Å². The minimum atomic E-state index is 0.116. The molecule has 0 aromatic heterocycles. The molecule has 3 nitrogen and oxygen atoms in total. The van der Waals surface area contributed by atoms with E-state index in [1.807, 2.05) is 6.92 Å². The smallest absolute Gasteiger partial charge is 0.117 e. The summed E-state index contributed by atoms with van der Waals surface area (Å²) in [6.07, 6.45) is 4.34. The molecule has 0 spiro atoms. The number of amidine groups is 1. The van der Waals surface area contributed by atoms with Gasteiger partial charge >= 0.3 is 0 Å². The number of nitrogens with one attached hydrogen (secondary N) is 2. The third-order valence-corrected chi connectivity index (χ3v) is 1.74. The zero-order chi connectivity index (χ0) is 8.27. The molecule has 0 heterocycles. The van der Waals surface area contributed by atoms with Gasteiger partial charge in [0, 0.05) is 12.2 Å². The highest BCUT2D eigenvalue weighted by atomic mass is 14.9. The van der Waals surface area contributed by atoms with Gasteiger partial charge in [-0.15, -0.1) is 0 Å². The van der Waals surface area contributed by atoms with Gasteiger partial charge in [-0.2, -0.15) is 0 Å². The minimum Gasteiger partial charge on any atom is -0.388 e. The standard InChI is InChI=1S/C8H15N3/c1-6(4-8(9)10)11-5-7-2-3-7/h4,7,11H,2-3,5H2,1H3,(H3,9,10)/b6-4-. The van der Waals surface area contributed by atoms with Crippen molar-refractivity contribution >= 4 is 5.84 Å². The summed E-state index contributed by atoms with van der Waals surface area (Å²) in [5, 5.41) is 10.2. The highest BCUT2D eigenvalue weighted by molar-refractivity contribution is 5.88. The van der Waals surface area contributed by atoms with Gasteiger partial charge in [0.05, 0.1) is 0 Å². The Morgan fingerprint density at radius 3 is 2.82 bits per heavy atom. The van der Waals surface area contributed by atoms with E-state index in [1.54, 1.807) is 6.08 Å². The van der Waals surface area contributed by atoms with E-state index in [9.17, 15) is 0 Å². The lowest BCUT2D eigenvalue weighted by Gasteiger charge is -2.03. The van der Waals surface area contributed by atoms with Crippen LogP contribution >= 0.6 is 0 Å². The third kappa shape index (κ3) is 3.65. The maximum Gasteiger partial charge on any atom is 0.117 e. The summed E-state index contributed by atoms with van der Waals surface area (Å²) in [5.41, 5.74) is 6.17. The SMILES string of the molecule is C/C(=C/C(=N)N)NCC1CC1. The van der Waals surface area contributed by atoms with Crippen LogP contribution in [0, 0.1) is 11.3 Å². The molecular formula is C8H15N3. The van der Waals surface area contributed by atoms with E-state index in [-0.39, 0.29) is 5.84 Å². The predicted octanol–water partition coefficient (Wildman–Crippen LogP) is 0.826. The van der Waals surface area contributed by atoms with Crippen molar-refractivity contribution in [3.05, 3.63) is 11.8 Å². The van der Waals surface area contributed by atoms with Gasteiger partial charge in [-0.3, -0.25) is 5.41 Å². The summed E-state index contributed by atoms with van der Waals surface area (Å²) in [4.78, 5) is 0. The minimum absolute atomic E-state index is 0.116. The van der Waals surface area contributed by atoms with Crippen molar-refractivity contribution < 1.29 is 0 Å². The number of nitrogens with two attached hydrogens (primary N) is 1. The second-order valence-corrected chi connectivity index (χ2v) is 3.11. The Morgan fingerprint density at radius 1 is 1.73 bits per heavy atom. The Balaban J connectivity index is 2.17. The van der Waals surface area contributed by atoms with Gasteiger partial charge in [0.25, 0.3) is 0 Å². The van der Waals surface area contributed by atoms with Crippen molar-refractivity contribution in [2.45, 2.75) is 19.8 Å². The summed E-state index contributed by atoms with van der Waals surface area (Å²) in [6.45, 7) is 2.97. The molecule has 0 amide bonds. The molecule has 0 saturated heterocycles. The molecule has 1 aliphatic rings. The van der Waals surface area contributed by atoms with E-state index in [4.69, 9.17) is 11.1 Å². The topological polar surface area (TPSA) is 61.9 Å². The maximum absolute atomic E-state index is 6.99. The Labute approximate surface area is 67.2 Å². The predicted molar refractivity (Wildman–Crippen MR) is 46.4 cm³/mol. The first-order valence-corrected chi connectivity index (χ1v) is 3.94. The fraction of sp³-hybridized carbons (Fsp3) is 0.625. The average molecular weight is 153 g/mol. The summed E-state index contributed by atoms with van der Waals surface area (Å²) < 4.78 is 0. The molecule has 1 saturated carbocycles. The van der Waals surface area contributed by atoms with Crippen LogP contribution in [0.3, 0.4) is 0 Å². The van der Waals surface area contributed by atoms with Gasteiger partial charge in [0.2, 0.25) is 0 Å². The zero-order valence-electron chi connectivity index (χ0n) is 6.85. The van der Waals surface area contributed by atoms with Crippen LogP contribution in [0.4, 0.5) is 0 Å². The fourth-order valence-electron chi connectivity index (χ4n) is 0.912. The van der Waals surface area contributed by atoms with Crippen molar-refractivity contribution in [2.24, 2.45) is 11.7 Å². The lowest BCUT2D eigenvalue weighted by atomic mass is 10.3. The van der Waals surface area contributed by atoms with Gasteiger partial charge in [-0.25, -0.2) is 0 Å². The van der Waals surface area contributed by atoms with Crippen LogP contribution in [0.25, 0.3) is 0 Å². The molecule has 0 radical (unpaired) electrons. The van der Waals surface area contributed by atoms with Gasteiger partial charge in [0.1, 0.15) is 5.84 Å². The molecule has 0 bridgehead atoms. The molecule has 0 aromatic rings. The summed E-state index contributed by atoms with van der Waals surface area (Å²) in [7, 11) is 0. The molecule has 4 N–H and O–H groups in total. The quantitative estimate of drug-likeness (QED) is 0.413. The van der Waals surface area contributed by atoms with Crippen LogP contribution in [0.1, 0.15) is 19.8 Å². The highest BCUT2D eigenvalue weighted by Gasteiger charge is 2.20. The van der Waals surface area contributed by atoms with Gasteiger partial charge in [-0.05, 0) is 31.8 Å². The molecule has 0 aliphatic heterocycles. The molecular weight excluding hydrogens is 138 g/mol. The third-order valence-electron chi connectivity index (χ3n) is 1.74. The van der Waals surface area contributed by atoms with Gasteiger partial charge < -0.3 is 11.1 Å². The summed E-state index contributed by atoms with van der Waals surface area (Å²) in [5.74, 6) is 0.983.